The lowest BCUT2D eigenvalue weighted by atomic mass is 10.2. The predicted octanol–water partition coefficient (Wildman–Crippen LogP) is 0.911. The number of piperazine rings is 1. The number of hydrogen-bond acceptors (Lipinski definition) is 6. The molecule has 3 aromatic rings. The van der Waals surface area contributed by atoms with Crippen LogP contribution in [0.25, 0.3) is 11.0 Å². The number of nitrogens with one attached hydrogen (secondary N) is 1. The van der Waals surface area contributed by atoms with Crippen LogP contribution in [0.1, 0.15) is 6.92 Å². The van der Waals surface area contributed by atoms with Crippen molar-refractivity contribution in [2.45, 2.75) is 13.5 Å². The number of carbonyl (C=O) groups is 1. The molecular formula is C20H25N7O2. The van der Waals surface area contributed by atoms with Crippen molar-refractivity contribution in [2.24, 2.45) is 7.05 Å². The van der Waals surface area contributed by atoms with Crippen LogP contribution >= 0.6 is 0 Å². The first-order chi connectivity index (χ1) is 14.1. The average molecular weight is 395 g/mol. The third-order valence-corrected chi connectivity index (χ3v) is 5.37. The Hall–Kier alpha value is -3.20. The molecule has 1 aliphatic heterocycles. The fourth-order valence-electron chi connectivity index (χ4n) is 3.68. The summed E-state index contributed by atoms with van der Waals surface area (Å²) in [5.74, 6) is -0.267. The summed E-state index contributed by atoms with van der Waals surface area (Å²) in [6, 6.07) is 7.79. The van der Waals surface area contributed by atoms with Crippen LogP contribution in [-0.2, 0) is 18.4 Å². The maximum absolute atomic E-state index is 12.7. The van der Waals surface area contributed by atoms with Gasteiger partial charge in [0.05, 0.1) is 17.6 Å². The third kappa shape index (κ3) is 3.86. The SMILES string of the molecule is CCN1CCN(c2ccccc2NC(=O)Cn2cnc3c(cnn3C)c2=O)CC1. The van der Waals surface area contributed by atoms with Gasteiger partial charge in [-0.1, -0.05) is 19.1 Å². The zero-order valence-corrected chi connectivity index (χ0v) is 16.7. The van der Waals surface area contributed by atoms with Crippen LogP contribution in [0.4, 0.5) is 11.4 Å². The first-order valence-corrected chi connectivity index (χ1v) is 9.80. The molecule has 1 fully saturated rings. The van der Waals surface area contributed by atoms with Gasteiger partial charge in [0.15, 0.2) is 5.65 Å². The second-order valence-corrected chi connectivity index (χ2v) is 7.17. The minimum absolute atomic E-state index is 0.103. The Bertz CT molecular complexity index is 1080. The van der Waals surface area contributed by atoms with Crippen LogP contribution in [0, 0.1) is 0 Å². The Morgan fingerprint density at radius 3 is 2.69 bits per heavy atom. The van der Waals surface area contributed by atoms with E-state index in [9.17, 15) is 9.59 Å². The van der Waals surface area contributed by atoms with Gasteiger partial charge in [-0.2, -0.15) is 5.10 Å². The normalized spacial score (nSPS) is 15.0. The molecule has 0 spiro atoms. The van der Waals surface area contributed by atoms with Gasteiger partial charge >= 0.3 is 0 Å². The first kappa shape index (κ1) is 19.1. The Morgan fingerprint density at radius 2 is 1.93 bits per heavy atom. The molecule has 0 bridgehead atoms. The summed E-state index contributed by atoms with van der Waals surface area (Å²) in [5.41, 5.74) is 1.99. The van der Waals surface area contributed by atoms with E-state index in [2.05, 4.69) is 32.1 Å². The molecule has 4 rings (SSSR count). The highest BCUT2D eigenvalue weighted by molar-refractivity contribution is 5.94. The number of carbonyl (C=O) groups excluding carboxylic acids is 1. The van der Waals surface area contributed by atoms with E-state index in [1.54, 1.807) is 7.05 Å². The monoisotopic (exact) mass is 395 g/mol. The van der Waals surface area contributed by atoms with Crippen molar-refractivity contribution in [3.8, 4) is 0 Å². The second-order valence-electron chi connectivity index (χ2n) is 7.17. The van der Waals surface area contributed by atoms with Crippen LogP contribution in [0.15, 0.2) is 41.6 Å². The summed E-state index contributed by atoms with van der Waals surface area (Å²) in [7, 11) is 1.73. The standard InChI is InChI=1S/C20H25N7O2/c1-3-25-8-10-26(11-9-25)17-7-5-4-6-16(17)23-18(28)13-27-14-21-19-15(20(27)29)12-22-24(19)2/h4-7,12,14H,3,8-11,13H2,1-2H3,(H,23,28). The fraction of sp³-hybridized carbons (Fsp3) is 0.400. The minimum Gasteiger partial charge on any atom is -0.367 e. The van der Waals surface area contributed by atoms with Crippen LogP contribution < -0.4 is 15.8 Å². The van der Waals surface area contributed by atoms with Crippen LogP contribution in [0.2, 0.25) is 0 Å². The Morgan fingerprint density at radius 1 is 1.17 bits per heavy atom. The fourth-order valence-corrected chi connectivity index (χ4v) is 3.68. The molecule has 9 heteroatoms. The van der Waals surface area contributed by atoms with Crippen molar-refractivity contribution in [3.63, 3.8) is 0 Å². The van der Waals surface area contributed by atoms with Crippen molar-refractivity contribution in [3.05, 3.63) is 47.1 Å². The lowest BCUT2D eigenvalue weighted by Crippen LogP contribution is -2.46. The predicted molar refractivity (Wildman–Crippen MR) is 112 cm³/mol. The van der Waals surface area contributed by atoms with Gasteiger partial charge in [0.2, 0.25) is 5.91 Å². The highest BCUT2D eigenvalue weighted by Crippen LogP contribution is 2.26. The van der Waals surface area contributed by atoms with Gasteiger partial charge in [0, 0.05) is 33.2 Å². The lowest BCUT2D eigenvalue weighted by molar-refractivity contribution is -0.116. The molecule has 0 unspecified atom stereocenters. The van der Waals surface area contributed by atoms with Gasteiger partial charge in [0.25, 0.3) is 5.56 Å². The van der Waals surface area contributed by atoms with Gasteiger partial charge in [0.1, 0.15) is 18.3 Å². The van der Waals surface area contributed by atoms with Gasteiger partial charge < -0.3 is 15.1 Å². The topological polar surface area (TPSA) is 88.3 Å². The molecule has 29 heavy (non-hydrogen) atoms. The highest BCUT2D eigenvalue weighted by atomic mass is 16.2. The van der Waals surface area contributed by atoms with Crippen molar-refractivity contribution >= 4 is 28.3 Å². The molecule has 9 nitrogen and oxygen atoms in total. The zero-order chi connectivity index (χ0) is 20.4. The number of hydrogen-bond donors (Lipinski definition) is 1. The highest BCUT2D eigenvalue weighted by Gasteiger charge is 2.19. The summed E-state index contributed by atoms with van der Waals surface area (Å²) in [5, 5.41) is 7.41. The van der Waals surface area contributed by atoms with Gasteiger partial charge in [-0.15, -0.1) is 0 Å². The number of amides is 1. The van der Waals surface area contributed by atoms with Crippen molar-refractivity contribution in [1.29, 1.82) is 0 Å². The van der Waals surface area contributed by atoms with E-state index in [1.165, 1.54) is 21.8 Å². The molecule has 1 aliphatic rings. The van der Waals surface area contributed by atoms with Crippen LogP contribution in [0.5, 0.6) is 0 Å². The Kier molecular flexibility index (Phi) is 5.30. The summed E-state index contributed by atoms with van der Waals surface area (Å²) in [6.45, 7) is 6.97. The minimum atomic E-state index is -0.276. The molecule has 0 aliphatic carbocycles. The van der Waals surface area contributed by atoms with E-state index in [0.717, 1.165) is 44.1 Å². The Labute approximate surface area is 168 Å². The molecule has 0 saturated carbocycles. The molecule has 1 saturated heterocycles. The summed E-state index contributed by atoms with van der Waals surface area (Å²) < 4.78 is 2.84. The molecule has 0 atom stereocenters. The number of fused-ring (bicyclic) bond motifs is 1. The van der Waals surface area contributed by atoms with Crippen LogP contribution in [0.3, 0.4) is 0 Å². The number of benzene rings is 1. The summed E-state index contributed by atoms with van der Waals surface area (Å²) in [6.07, 6.45) is 2.87. The van der Waals surface area contributed by atoms with E-state index in [-0.39, 0.29) is 18.0 Å². The van der Waals surface area contributed by atoms with Crippen molar-refractivity contribution < 1.29 is 4.79 Å². The van der Waals surface area contributed by atoms with E-state index in [1.807, 2.05) is 24.3 Å². The molecule has 1 amide bonds. The molecule has 0 radical (unpaired) electrons. The lowest BCUT2D eigenvalue weighted by Gasteiger charge is -2.36. The summed E-state index contributed by atoms with van der Waals surface area (Å²) in [4.78, 5) is 34.2. The average Bonchev–Trinajstić information content (AvgIpc) is 3.12. The maximum Gasteiger partial charge on any atom is 0.264 e. The Balaban J connectivity index is 1.49. The van der Waals surface area contributed by atoms with Crippen molar-refractivity contribution in [1.82, 2.24) is 24.2 Å². The van der Waals surface area contributed by atoms with E-state index in [0.29, 0.717) is 11.0 Å². The van der Waals surface area contributed by atoms with Crippen molar-refractivity contribution in [2.75, 3.05) is 42.9 Å². The van der Waals surface area contributed by atoms with Gasteiger partial charge in [-0.3, -0.25) is 18.8 Å². The number of aryl methyl sites for hydroxylation is 1. The maximum atomic E-state index is 12.7. The smallest absolute Gasteiger partial charge is 0.264 e. The number of anilines is 2. The molecule has 1 aromatic carbocycles. The molecule has 3 heterocycles. The number of likely N-dealkylation sites (N-methyl/N-ethyl adjacent to an activating group) is 1. The third-order valence-electron chi connectivity index (χ3n) is 5.37. The molecular weight excluding hydrogens is 370 g/mol. The quantitative estimate of drug-likeness (QED) is 0.691. The zero-order valence-electron chi connectivity index (χ0n) is 16.7. The molecule has 2 aromatic heterocycles. The van der Waals surface area contributed by atoms with E-state index < -0.39 is 0 Å². The van der Waals surface area contributed by atoms with E-state index >= 15 is 0 Å². The summed E-state index contributed by atoms with van der Waals surface area (Å²) >= 11 is 0. The first-order valence-electron chi connectivity index (χ1n) is 9.80. The largest absolute Gasteiger partial charge is 0.367 e. The number of rotatable bonds is 5. The molecule has 152 valence electrons. The molecule has 1 N–H and O–H groups in total. The number of aromatic nitrogens is 4. The number of para-hydroxylation sites is 2. The van der Waals surface area contributed by atoms with Crippen LogP contribution in [-0.4, -0.2) is 62.9 Å². The second kappa shape index (κ2) is 8.04. The van der Waals surface area contributed by atoms with Gasteiger partial charge in [-0.25, -0.2) is 4.98 Å². The van der Waals surface area contributed by atoms with Gasteiger partial charge in [-0.05, 0) is 18.7 Å². The number of nitrogens with zero attached hydrogens (tertiary/aromatic N) is 6. The van der Waals surface area contributed by atoms with E-state index in [4.69, 9.17) is 0 Å².